The summed E-state index contributed by atoms with van der Waals surface area (Å²) in [5.41, 5.74) is 0.347. The zero-order valence-corrected chi connectivity index (χ0v) is 14.4. The Morgan fingerprint density at radius 2 is 1.86 bits per heavy atom. The molecule has 0 amide bonds. The number of halogens is 2. The number of rotatable bonds is 4. The van der Waals surface area contributed by atoms with Crippen LogP contribution in [-0.4, -0.2) is 32.9 Å². The smallest absolute Gasteiger partial charge is 0.246 e. The quantitative estimate of drug-likeness (QED) is 0.875. The van der Waals surface area contributed by atoms with Crippen LogP contribution in [0.1, 0.15) is 31.2 Å². The molecular weight excluding hydrogens is 359 g/mol. The van der Waals surface area contributed by atoms with Crippen molar-refractivity contribution >= 4 is 26.0 Å². The van der Waals surface area contributed by atoms with Crippen molar-refractivity contribution in [2.24, 2.45) is 0 Å². The molecular formula is C14H20BrFN2O2S. The molecule has 0 aromatic heterocycles. The molecule has 21 heavy (non-hydrogen) atoms. The summed E-state index contributed by atoms with van der Waals surface area (Å²) in [4.78, 5) is -0.232. The molecule has 0 unspecified atom stereocenters. The highest BCUT2D eigenvalue weighted by molar-refractivity contribution is 9.10. The second kappa shape index (κ2) is 7.17. The van der Waals surface area contributed by atoms with Gasteiger partial charge in [-0.3, -0.25) is 0 Å². The van der Waals surface area contributed by atoms with Crippen LogP contribution in [0.25, 0.3) is 0 Å². The van der Waals surface area contributed by atoms with E-state index < -0.39 is 15.8 Å². The number of hydrogen-bond donors (Lipinski definition) is 1. The van der Waals surface area contributed by atoms with Crippen molar-refractivity contribution in [2.45, 2.75) is 37.1 Å². The first-order chi connectivity index (χ1) is 9.96. The minimum absolute atomic E-state index is 0.232. The molecule has 1 saturated heterocycles. The molecule has 118 valence electrons. The lowest BCUT2D eigenvalue weighted by Crippen LogP contribution is -2.32. The summed E-state index contributed by atoms with van der Waals surface area (Å²) in [7, 11) is -2.08. The van der Waals surface area contributed by atoms with Gasteiger partial charge in [-0.1, -0.05) is 28.8 Å². The number of sulfonamides is 1. The van der Waals surface area contributed by atoms with Gasteiger partial charge in [-0.25, -0.2) is 12.8 Å². The third-order valence-electron chi connectivity index (χ3n) is 3.63. The Bertz CT molecular complexity index is 599. The van der Waals surface area contributed by atoms with Crippen LogP contribution in [0.3, 0.4) is 0 Å². The van der Waals surface area contributed by atoms with Crippen molar-refractivity contribution in [2.75, 3.05) is 20.1 Å². The van der Waals surface area contributed by atoms with Crippen LogP contribution in [0.2, 0.25) is 0 Å². The average molecular weight is 379 g/mol. The van der Waals surface area contributed by atoms with Gasteiger partial charge in [0.15, 0.2) is 0 Å². The molecule has 0 radical (unpaired) electrons. The first-order valence-electron chi connectivity index (χ1n) is 7.09. The highest BCUT2D eigenvalue weighted by Crippen LogP contribution is 2.28. The van der Waals surface area contributed by atoms with E-state index in [1.54, 1.807) is 13.1 Å². The van der Waals surface area contributed by atoms with Gasteiger partial charge < -0.3 is 5.32 Å². The number of hydrogen-bond acceptors (Lipinski definition) is 3. The largest absolute Gasteiger partial charge is 0.316 e. The number of nitrogens with zero attached hydrogens (tertiary/aromatic N) is 1. The molecule has 1 N–H and O–H groups in total. The van der Waals surface area contributed by atoms with E-state index >= 15 is 0 Å². The molecule has 0 bridgehead atoms. The topological polar surface area (TPSA) is 49.4 Å². The van der Waals surface area contributed by atoms with E-state index in [4.69, 9.17) is 0 Å². The monoisotopic (exact) mass is 378 g/mol. The predicted octanol–water partition coefficient (Wildman–Crippen LogP) is 2.87. The Kier molecular flexibility index (Phi) is 5.76. The van der Waals surface area contributed by atoms with Crippen molar-refractivity contribution in [3.8, 4) is 0 Å². The molecule has 7 heteroatoms. The second-order valence-corrected chi connectivity index (χ2v) is 8.05. The summed E-state index contributed by atoms with van der Waals surface area (Å²) in [6, 6.07) is 2.96. The fraction of sp³-hybridized carbons (Fsp3) is 0.571. The van der Waals surface area contributed by atoms with Gasteiger partial charge in [0.25, 0.3) is 0 Å². The highest BCUT2D eigenvalue weighted by atomic mass is 79.9. The zero-order chi connectivity index (χ0) is 15.5. The van der Waals surface area contributed by atoms with Crippen molar-refractivity contribution < 1.29 is 12.8 Å². The van der Waals surface area contributed by atoms with Crippen LogP contribution in [0.5, 0.6) is 0 Å². The predicted molar refractivity (Wildman–Crippen MR) is 84.1 cm³/mol. The van der Waals surface area contributed by atoms with Gasteiger partial charge in [-0.05, 0) is 32.0 Å². The van der Waals surface area contributed by atoms with Crippen LogP contribution in [-0.2, 0) is 16.6 Å². The Hall–Kier alpha value is -0.500. The van der Waals surface area contributed by atoms with Gasteiger partial charge >= 0.3 is 0 Å². The minimum atomic E-state index is -3.78. The summed E-state index contributed by atoms with van der Waals surface area (Å²) in [6.45, 7) is 1.22. The molecule has 1 aromatic rings. The maximum absolute atomic E-state index is 14.5. The SMILES string of the molecule is CNCc1cc(Br)cc(S(=O)(=O)N2CCCCCC2)c1F. The first kappa shape index (κ1) is 16.9. The molecule has 1 aromatic carbocycles. The fourth-order valence-corrected chi connectivity index (χ4v) is 4.85. The number of nitrogens with one attached hydrogen (secondary N) is 1. The van der Waals surface area contributed by atoms with Crippen LogP contribution >= 0.6 is 15.9 Å². The van der Waals surface area contributed by atoms with Gasteiger partial charge in [0.05, 0.1) is 0 Å². The van der Waals surface area contributed by atoms with Crippen molar-refractivity contribution in [1.82, 2.24) is 9.62 Å². The molecule has 1 fully saturated rings. The maximum Gasteiger partial charge on any atom is 0.246 e. The van der Waals surface area contributed by atoms with E-state index in [1.165, 1.54) is 10.4 Å². The summed E-state index contributed by atoms with van der Waals surface area (Å²) in [5.74, 6) is -0.656. The van der Waals surface area contributed by atoms with Gasteiger partial charge in [-0.2, -0.15) is 4.31 Å². The molecule has 0 saturated carbocycles. The van der Waals surface area contributed by atoms with E-state index in [1.807, 2.05) is 0 Å². The van der Waals surface area contributed by atoms with Crippen LogP contribution in [0.15, 0.2) is 21.5 Å². The summed E-state index contributed by atoms with van der Waals surface area (Å²) >= 11 is 3.27. The van der Waals surface area contributed by atoms with Crippen molar-refractivity contribution in [1.29, 1.82) is 0 Å². The standard InChI is InChI=1S/C14H20BrFN2O2S/c1-17-10-11-8-12(15)9-13(14(11)16)21(19,20)18-6-4-2-3-5-7-18/h8-9,17H,2-7,10H2,1H3. The van der Waals surface area contributed by atoms with Gasteiger partial charge in [0.1, 0.15) is 10.7 Å². The van der Waals surface area contributed by atoms with E-state index in [2.05, 4.69) is 21.2 Å². The molecule has 4 nitrogen and oxygen atoms in total. The average Bonchev–Trinajstić information content (AvgIpc) is 2.72. The van der Waals surface area contributed by atoms with E-state index in [-0.39, 0.29) is 11.4 Å². The Balaban J connectivity index is 2.43. The highest BCUT2D eigenvalue weighted by Gasteiger charge is 2.29. The van der Waals surface area contributed by atoms with Crippen molar-refractivity contribution in [3.63, 3.8) is 0 Å². The Morgan fingerprint density at radius 1 is 1.24 bits per heavy atom. The van der Waals surface area contributed by atoms with Gasteiger partial charge in [0.2, 0.25) is 10.0 Å². The lowest BCUT2D eigenvalue weighted by Gasteiger charge is -2.21. The van der Waals surface area contributed by atoms with E-state index in [9.17, 15) is 12.8 Å². The molecule has 0 spiro atoms. The zero-order valence-electron chi connectivity index (χ0n) is 12.0. The minimum Gasteiger partial charge on any atom is -0.316 e. The number of benzene rings is 1. The van der Waals surface area contributed by atoms with E-state index in [0.717, 1.165) is 25.7 Å². The molecule has 0 atom stereocenters. The third-order valence-corrected chi connectivity index (χ3v) is 5.99. The van der Waals surface area contributed by atoms with E-state index in [0.29, 0.717) is 23.1 Å². The van der Waals surface area contributed by atoms with Crippen LogP contribution in [0.4, 0.5) is 4.39 Å². The molecule has 1 aliphatic heterocycles. The van der Waals surface area contributed by atoms with Gasteiger partial charge in [0, 0.05) is 29.7 Å². The second-order valence-electron chi connectivity index (χ2n) is 5.23. The normalized spacial score (nSPS) is 17.7. The lowest BCUT2D eigenvalue weighted by molar-refractivity contribution is 0.419. The van der Waals surface area contributed by atoms with Gasteiger partial charge in [-0.15, -0.1) is 0 Å². The maximum atomic E-state index is 14.5. The fourth-order valence-electron chi connectivity index (χ4n) is 2.55. The Morgan fingerprint density at radius 3 is 2.43 bits per heavy atom. The summed E-state index contributed by atoms with van der Waals surface area (Å²) in [5, 5.41) is 2.85. The summed E-state index contributed by atoms with van der Waals surface area (Å²) < 4.78 is 41.9. The summed E-state index contributed by atoms with van der Waals surface area (Å²) in [6.07, 6.45) is 3.71. The lowest BCUT2D eigenvalue weighted by atomic mass is 10.2. The molecule has 1 aliphatic rings. The molecule has 1 heterocycles. The van der Waals surface area contributed by atoms with Crippen LogP contribution < -0.4 is 5.32 Å². The van der Waals surface area contributed by atoms with Crippen molar-refractivity contribution in [3.05, 3.63) is 28.0 Å². The third kappa shape index (κ3) is 3.83. The molecule has 0 aliphatic carbocycles. The van der Waals surface area contributed by atoms with Crippen LogP contribution in [0, 0.1) is 5.82 Å². The molecule has 2 rings (SSSR count). The first-order valence-corrected chi connectivity index (χ1v) is 9.33. The Labute approximate surface area is 133 Å².